The fourth-order valence-corrected chi connectivity index (χ4v) is 1.67. The largest absolute Gasteiger partial charge is 0.467 e. The van der Waals surface area contributed by atoms with Gasteiger partial charge in [-0.1, -0.05) is 11.6 Å². The zero-order valence-corrected chi connectivity index (χ0v) is 11.9. The number of amides is 1. The summed E-state index contributed by atoms with van der Waals surface area (Å²) >= 11 is 5.66. The summed E-state index contributed by atoms with van der Waals surface area (Å²) in [5, 5.41) is 13.4. The van der Waals surface area contributed by atoms with Crippen LogP contribution in [0.5, 0.6) is 0 Å². The third-order valence-corrected chi connectivity index (χ3v) is 2.76. The SMILES string of the molecule is COC(=O)C(C)(C)NC(=O)c1ccc(Cl)cc1[N+](=O)[O-]. The Kier molecular flexibility index (Phi) is 4.67. The van der Waals surface area contributed by atoms with Gasteiger partial charge in [0.25, 0.3) is 11.6 Å². The molecule has 1 rings (SSSR count). The average Bonchev–Trinajstić information content (AvgIpc) is 2.36. The Morgan fingerprint density at radius 3 is 2.50 bits per heavy atom. The summed E-state index contributed by atoms with van der Waals surface area (Å²) in [5.41, 5.74) is -1.92. The highest BCUT2D eigenvalue weighted by Crippen LogP contribution is 2.23. The molecule has 108 valence electrons. The Hall–Kier alpha value is -2.15. The number of hydrogen-bond donors (Lipinski definition) is 1. The molecule has 1 aromatic rings. The second kappa shape index (κ2) is 5.87. The maximum Gasteiger partial charge on any atom is 0.330 e. The molecule has 0 heterocycles. The molecule has 0 spiro atoms. The summed E-state index contributed by atoms with van der Waals surface area (Å²) in [7, 11) is 1.18. The molecule has 1 amide bonds. The minimum Gasteiger partial charge on any atom is -0.467 e. The minimum atomic E-state index is -1.31. The number of nitro benzene ring substituents is 1. The molecule has 0 saturated heterocycles. The van der Waals surface area contributed by atoms with Crippen LogP contribution in [-0.2, 0) is 9.53 Å². The van der Waals surface area contributed by atoms with E-state index in [2.05, 4.69) is 10.1 Å². The summed E-state index contributed by atoms with van der Waals surface area (Å²) in [4.78, 5) is 33.7. The summed E-state index contributed by atoms with van der Waals surface area (Å²) in [5.74, 6) is -1.42. The number of hydrogen-bond acceptors (Lipinski definition) is 5. The molecule has 0 fully saturated rings. The van der Waals surface area contributed by atoms with Gasteiger partial charge in [0, 0.05) is 11.1 Å². The number of methoxy groups -OCH3 is 1. The first kappa shape index (κ1) is 15.9. The Bertz CT molecular complexity index is 571. The second-order valence-electron chi connectivity index (χ2n) is 4.49. The van der Waals surface area contributed by atoms with Gasteiger partial charge in [0.15, 0.2) is 0 Å². The van der Waals surface area contributed by atoms with Crippen LogP contribution in [0, 0.1) is 10.1 Å². The molecule has 7 nitrogen and oxygen atoms in total. The molecule has 0 bridgehead atoms. The van der Waals surface area contributed by atoms with Gasteiger partial charge in [-0.3, -0.25) is 14.9 Å². The number of rotatable bonds is 4. The maximum absolute atomic E-state index is 12.1. The highest BCUT2D eigenvalue weighted by atomic mass is 35.5. The van der Waals surface area contributed by atoms with Crippen molar-refractivity contribution in [1.29, 1.82) is 0 Å². The number of benzene rings is 1. The molecule has 0 aromatic heterocycles. The van der Waals surface area contributed by atoms with Crippen LogP contribution in [0.4, 0.5) is 5.69 Å². The second-order valence-corrected chi connectivity index (χ2v) is 4.93. The molecule has 20 heavy (non-hydrogen) atoms. The maximum atomic E-state index is 12.1. The van der Waals surface area contributed by atoms with E-state index in [0.29, 0.717) is 0 Å². The van der Waals surface area contributed by atoms with E-state index in [4.69, 9.17) is 11.6 Å². The molecule has 0 unspecified atom stereocenters. The van der Waals surface area contributed by atoms with Crippen molar-refractivity contribution >= 4 is 29.2 Å². The van der Waals surface area contributed by atoms with Gasteiger partial charge in [-0.15, -0.1) is 0 Å². The van der Waals surface area contributed by atoms with E-state index in [1.807, 2.05) is 0 Å². The van der Waals surface area contributed by atoms with Crippen LogP contribution in [0.3, 0.4) is 0 Å². The molecule has 0 saturated carbocycles. The lowest BCUT2D eigenvalue weighted by molar-refractivity contribution is -0.385. The summed E-state index contributed by atoms with van der Waals surface area (Å²) in [6, 6.07) is 3.65. The highest BCUT2D eigenvalue weighted by Gasteiger charge is 2.32. The quantitative estimate of drug-likeness (QED) is 0.520. The molecule has 1 N–H and O–H groups in total. The Balaban J connectivity index is 3.10. The van der Waals surface area contributed by atoms with E-state index in [-0.39, 0.29) is 10.6 Å². The van der Waals surface area contributed by atoms with Crippen molar-refractivity contribution in [2.45, 2.75) is 19.4 Å². The van der Waals surface area contributed by atoms with Gasteiger partial charge >= 0.3 is 5.97 Å². The van der Waals surface area contributed by atoms with Crippen molar-refractivity contribution < 1.29 is 19.2 Å². The molecule has 0 atom stereocenters. The predicted molar refractivity (Wildman–Crippen MR) is 71.7 cm³/mol. The molecule has 0 aliphatic heterocycles. The fourth-order valence-electron chi connectivity index (χ4n) is 1.51. The summed E-state index contributed by atoms with van der Waals surface area (Å²) in [6.45, 7) is 2.86. The Labute approximate surface area is 120 Å². The number of ether oxygens (including phenoxy) is 1. The number of carbonyl (C=O) groups is 2. The van der Waals surface area contributed by atoms with E-state index in [1.165, 1.54) is 33.1 Å². The molecule has 0 radical (unpaired) electrons. The van der Waals surface area contributed by atoms with E-state index < -0.39 is 28.0 Å². The normalized spacial score (nSPS) is 10.8. The van der Waals surface area contributed by atoms with Gasteiger partial charge in [-0.2, -0.15) is 0 Å². The predicted octanol–water partition coefficient (Wildman–Crippen LogP) is 1.93. The molecule has 0 aliphatic rings. The molecular weight excluding hydrogens is 288 g/mol. The molecule has 1 aromatic carbocycles. The van der Waals surface area contributed by atoms with Crippen LogP contribution in [0.2, 0.25) is 5.02 Å². The van der Waals surface area contributed by atoms with Crippen LogP contribution in [0.1, 0.15) is 24.2 Å². The zero-order chi connectivity index (χ0) is 15.5. The van der Waals surface area contributed by atoms with Gasteiger partial charge in [0.05, 0.1) is 12.0 Å². The van der Waals surface area contributed by atoms with E-state index in [1.54, 1.807) is 0 Å². The number of nitro groups is 1. The Morgan fingerprint density at radius 1 is 1.40 bits per heavy atom. The third-order valence-electron chi connectivity index (χ3n) is 2.52. The van der Waals surface area contributed by atoms with Crippen LogP contribution in [0.25, 0.3) is 0 Å². The lowest BCUT2D eigenvalue weighted by Gasteiger charge is -2.22. The third kappa shape index (κ3) is 3.45. The van der Waals surface area contributed by atoms with Gasteiger partial charge in [0.1, 0.15) is 11.1 Å². The minimum absolute atomic E-state index is 0.139. The lowest BCUT2D eigenvalue weighted by atomic mass is 10.0. The molecular formula is C12H13ClN2O5. The first-order valence-electron chi connectivity index (χ1n) is 5.54. The lowest BCUT2D eigenvalue weighted by Crippen LogP contribution is -2.50. The Morgan fingerprint density at radius 2 is 2.00 bits per heavy atom. The van der Waals surface area contributed by atoms with Crippen LogP contribution < -0.4 is 5.32 Å². The van der Waals surface area contributed by atoms with Crippen molar-refractivity contribution in [2.24, 2.45) is 0 Å². The smallest absolute Gasteiger partial charge is 0.330 e. The number of esters is 1. The van der Waals surface area contributed by atoms with Crippen molar-refractivity contribution in [3.8, 4) is 0 Å². The molecule has 8 heteroatoms. The summed E-state index contributed by atoms with van der Waals surface area (Å²) in [6.07, 6.45) is 0. The number of nitrogens with zero attached hydrogens (tertiary/aromatic N) is 1. The zero-order valence-electron chi connectivity index (χ0n) is 11.1. The number of nitrogens with one attached hydrogen (secondary N) is 1. The van der Waals surface area contributed by atoms with Crippen LogP contribution in [0.15, 0.2) is 18.2 Å². The van der Waals surface area contributed by atoms with Crippen LogP contribution >= 0.6 is 11.6 Å². The van der Waals surface area contributed by atoms with Gasteiger partial charge in [0.2, 0.25) is 0 Å². The van der Waals surface area contributed by atoms with Crippen molar-refractivity contribution in [1.82, 2.24) is 5.32 Å². The first-order valence-corrected chi connectivity index (χ1v) is 5.91. The van der Waals surface area contributed by atoms with Crippen molar-refractivity contribution in [3.05, 3.63) is 38.9 Å². The van der Waals surface area contributed by atoms with E-state index in [9.17, 15) is 19.7 Å². The van der Waals surface area contributed by atoms with E-state index in [0.717, 1.165) is 6.07 Å². The average molecular weight is 301 g/mol. The van der Waals surface area contributed by atoms with Gasteiger partial charge in [-0.05, 0) is 26.0 Å². The van der Waals surface area contributed by atoms with Crippen molar-refractivity contribution in [2.75, 3.05) is 7.11 Å². The standard InChI is InChI=1S/C12H13ClN2O5/c1-12(2,11(17)20-3)14-10(16)8-5-4-7(13)6-9(8)15(18)19/h4-6H,1-3H3,(H,14,16). The topological polar surface area (TPSA) is 98.5 Å². The first-order chi connectivity index (χ1) is 9.19. The van der Waals surface area contributed by atoms with Gasteiger partial charge < -0.3 is 10.1 Å². The summed E-state index contributed by atoms with van der Waals surface area (Å²) < 4.78 is 4.54. The fraction of sp³-hybridized carbons (Fsp3) is 0.333. The van der Waals surface area contributed by atoms with Crippen LogP contribution in [-0.4, -0.2) is 29.4 Å². The number of halogens is 1. The number of carbonyl (C=O) groups excluding carboxylic acids is 2. The van der Waals surface area contributed by atoms with Gasteiger partial charge in [-0.25, -0.2) is 4.79 Å². The van der Waals surface area contributed by atoms with E-state index >= 15 is 0 Å². The molecule has 0 aliphatic carbocycles. The monoisotopic (exact) mass is 300 g/mol. The van der Waals surface area contributed by atoms with Crippen molar-refractivity contribution in [3.63, 3.8) is 0 Å². The highest BCUT2D eigenvalue weighted by molar-refractivity contribution is 6.31.